The molecule has 1 amide bonds. The van der Waals surface area contributed by atoms with E-state index < -0.39 is 5.97 Å². The van der Waals surface area contributed by atoms with Gasteiger partial charge >= 0.3 is 5.97 Å². The van der Waals surface area contributed by atoms with E-state index in [1.807, 2.05) is 29.3 Å². The smallest absolute Gasteiger partial charge is 0.304 e. The summed E-state index contributed by atoms with van der Waals surface area (Å²) in [6, 6.07) is 4.01. The van der Waals surface area contributed by atoms with E-state index in [-0.39, 0.29) is 24.9 Å². The van der Waals surface area contributed by atoms with Gasteiger partial charge in [0.2, 0.25) is 5.91 Å². The van der Waals surface area contributed by atoms with Crippen molar-refractivity contribution in [3.8, 4) is 0 Å². The highest BCUT2D eigenvalue weighted by Gasteiger charge is 2.20. The minimum atomic E-state index is -0.840. The highest BCUT2D eigenvalue weighted by Crippen LogP contribution is 2.25. The van der Waals surface area contributed by atoms with Crippen LogP contribution in [0.1, 0.15) is 38.1 Å². The number of carbonyl (C=O) groups is 2. The molecule has 1 aromatic rings. The number of hydrogen-bond donors (Lipinski definition) is 2. The van der Waals surface area contributed by atoms with Gasteiger partial charge in [-0.3, -0.25) is 14.5 Å². The van der Waals surface area contributed by atoms with Crippen molar-refractivity contribution in [1.82, 2.24) is 10.2 Å². The molecule has 6 heteroatoms. The van der Waals surface area contributed by atoms with Crippen molar-refractivity contribution >= 4 is 23.2 Å². The summed E-state index contributed by atoms with van der Waals surface area (Å²) in [5, 5.41) is 13.8. The molecule has 0 aromatic carbocycles. The topological polar surface area (TPSA) is 69.6 Å². The summed E-state index contributed by atoms with van der Waals surface area (Å²) in [5.74, 6) is -0.594. The lowest BCUT2D eigenvalue weighted by Crippen LogP contribution is -2.40. The number of nitrogens with one attached hydrogen (secondary N) is 1. The first-order chi connectivity index (χ1) is 9.93. The van der Waals surface area contributed by atoms with Crippen LogP contribution < -0.4 is 5.32 Å². The van der Waals surface area contributed by atoms with E-state index in [1.165, 1.54) is 0 Å². The maximum absolute atomic E-state index is 12.2. The maximum atomic E-state index is 12.2. The van der Waals surface area contributed by atoms with E-state index in [0.717, 1.165) is 4.88 Å². The molecule has 21 heavy (non-hydrogen) atoms. The van der Waals surface area contributed by atoms with Crippen molar-refractivity contribution in [2.45, 2.75) is 33.2 Å². The van der Waals surface area contributed by atoms with Gasteiger partial charge in [-0.15, -0.1) is 11.3 Å². The molecule has 0 spiro atoms. The third kappa shape index (κ3) is 6.27. The third-order valence-corrected chi connectivity index (χ3v) is 4.24. The molecular formula is C15H24N2O3S. The predicted octanol–water partition coefficient (Wildman–Crippen LogP) is 2.36. The van der Waals surface area contributed by atoms with Crippen molar-refractivity contribution in [2.75, 3.05) is 19.6 Å². The second-order valence-corrected chi connectivity index (χ2v) is 6.30. The Balaban J connectivity index is 2.55. The van der Waals surface area contributed by atoms with E-state index >= 15 is 0 Å². The molecule has 0 aliphatic heterocycles. The molecule has 5 nitrogen and oxygen atoms in total. The second kappa shape index (κ2) is 8.79. The molecule has 1 rings (SSSR count). The average molecular weight is 312 g/mol. The molecule has 0 aliphatic rings. The summed E-state index contributed by atoms with van der Waals surface area (Å²) in [6.07, 6.45) is 0.0552. The van der Waals surface area contributed by atoms with Crippen LogP contribution in [0.25, 0.3) is 0 Å². The minimum Gasteiger partial charge on any atom is -0.481 e. The first kappa shape index (κ1) is 17.7. The Bertz CT molecular complexity index is 446. The van der Waals surface area contributed by atoms with Crippen LogP contribution in [0.2, 0.25) is 0 Å². The number of rotatable bonds is 9. The number of amides is 1. The van der Waals surface area contributed by atoms with Crippen LogP contribution in [0.4, 0.5) is 0 Å². The Hall–Kier alpha value is -1.40. The largest absolute Gasteiger partial charge is 0.481 e. The number of carboxylic acid groups (broad SMARTS) is 1. The zero-order chi connectivity index (χ0) is 15.8. The third-order valence-electron chi connectivity index (χ3n) is 3.29. The number of nitrogens with zero attached hydrogens (tertiary/aromatic N) is 1. The average Bonchev–Trinajstić information content (AvgIpc) is 2.93. The van der Waals surface area contributed by atoms with Crippen LogP contribution in [0.3, 0.4) is 0 Å². The fourth-order valence-corrected chi connectivity index (χ4v) is 3.01. The minimum absolute atomic E-state index is 0.00989. The molecule has 1 atom stereocenters. The van der Waals surface area contributed by atoms with E-state index in [9.17, 15) is 9.59 Å². The lowest BCUT2D eigenvalue weighted by atomic mass is 10.0. The molecule has 1 heterocycles. The molecule has 0 bridgehead atoms. The van der Waals surface area contributed by atoms with Crippen LogP contribution in [0.5, 0.6) is 0 Å². The predicted molar refractivity (Wildman–Crippen MR) is 84.4 cm³/mol. The SMILES string of the molecule is CCN(CCC(=O)O)CC(=O)NC(c1cccs1)C(C)C. The van der Waals surface area contributed by atoms with Gasteiger partial charge in [0.15, 0.2) is 0 Å². The number of likely N-dealkylation sites (N-methyl/N-ethyl adjacent to an activating group) is 1. The quantitative estimate of drug-likeness (QED) is 0.734. The Morgan fingerprint density at radius 3 is 2.62 bits per heavy atom. The van der Waals surface area contributed by atoms with Gasteiger partial charge in [0.1, 0.15) is 0 Å². The summed E-state index contributed by atoms with van der Waals surface area (Å²) in [5.41, 5.74) is 0. The first-order valence-electron chi connectivity index (χ1n) is 7.21. The van der Waals surface area contributed by atoms with Crippen molar-refractivity contribution < 1.29 is 14.7 Å². The van der Waals surface area contributed by atoms with Gasteiger partial charge in [0, 0.05) is 11.4 Å². The number of carboxylic acids is 1. The molecule has 0 radical (unpaired) electrons. The van der Waals surface area contributed by atoms with Crippen molar-refractivity contribution in [3.63, 3.8) is 0 Å². The van der Waals surface area contributed by atoms with E-state index in [4.69, 9.17) is 5.11 Å². The summed E-state index contributed by atoms with van der Waals surface area (Å²) in [4.78, 5) is 25.8. The van der Waals surface area contributed by atoms with Crippen LogP contribution in [-0.4, -0.2) is 41.5 Å². The molecule has 118 valence electrons. The van der Waals surface area contributed by atoms with Crippen molar-refractivity contribution in [3.05, 3.63) is 22.4 Å². The Morgan fingerprint density at radius 1 is 1.43 bits per heavy atom. The van der Waals surface area contributed by atoms with Crippen LogP contribution in [-0.2, 0) is 9.59 Å². The van der Waals surface area contributed by atoms with E-state index in [0.29, 0.717) is 19.0 Å². The van der Waals surface area contributed by atoms with Gasteiger partial charge in [-0.25, -0.2) is 0 Å². The second-order valence-electron chi connectivity index (χ2n) is 5.32. The molecule has 1 unspecified atom stereocenters. The zero-order valence-corrected chi connectivity index (χ0v) is 13.7. The van der Waals surface area contributed by atoms with Gasteiger partial charge in [-0.2, -0.15) is 0 Å². The van der Waals surface area contributed by atoms with E-state index in [1.54, 1.807) is 11.3 Å². The fraction of sp³-hybridized carbons (Fsp3) is 0.600. The molecule has 0 saturated heterocycles. The van der Waals surface area contributed by atoms with Gasteiger partial charge in [0.05, 0.1) is 19.0 Å². The highest BCUT2D eigenvalue weighted by molar-refractivity contribution is 7.10. The fourth-order valence-electron chi connectivity index (χ4n) is 2.06. The lowest BCUT2D eigenvalue weighted by Gasteiger charge is -2.24. The summed E-state index contributed by atoms with van der Waals surface area (Å²) >= 11 is 1.63. The van der Waals surface area contributed by atoms with Crippen LogP contribution in [0, 0.1) is 5.92 Å². The Labute approximate surface area is 130 Å². The Kier molecular flexibility index (Phi) is 7.39. The first-order valence-corrected chi connectivity index (χ1v) is 8.08. The van der Waals surface area contributed by atoms with Gasteiger partial charge < -0.3 is 10.4 Å². The van der Waals surface area contributed by atoms with Crippen LogP contribution in [0.15, 0.2) is 17.5 Å². The van der Waals surface area contributed by atoms with Crippen LogP contribution >= 0.6 is 11.3 Å². The molecule has 0 fully saturated rings. The number of carbonyl (C=O) groups excluding carboxylic acids is 1. The van der Waals surface area contributed by atoms with Gasteiger partial charge in [-0.1, -0.05) is 26.8 Å². The highest BCUT2D eigenvalue weighted by atomic mass is 32.1. The summed E-state index contributed by atoms with van der Waals surface area (Å²) in [7, 11) is 0. The lowest BCUT2D eigenvalue weighted by molar-refractivity contribution is -0.137. The van der Waals surface area contributed by atoms with Crippen molar-refractivity contribution in [2.24, 2.45) is 5.92 Å². The Morgan fingerprint density at radius 2 is 2.14 bits per heavy atom. The monoisotopic (exact) mass is 312 g/mol. The molecular weight excluding hydrogens is 288 g/mol. The molecule has 0 aliphatic carbocycles. The zero-order valence-electron chi connectivity index (χ0n) is 12.8. The van der Waals surface area contributed by atoms with Crippen molar-refractivity contribution in [1.29, 1.82) is 0 Å². The molecule has 1 aromatic heterocycles. The maximum Gasteiger partial charge on any atom is 0.304 e. The number of thiophene rings is 1. The summed E-state index contributed by atoms with van der Waals surface area (Å²) < 4.78 is 0. The standard InChI is InChI=1S/C15H24N2O3S/c1-4-17(8-7-14(19)20)10-13(18)16-15(11(2)3)12-6-5-9-21-12/h5-6,9,11,15H,4,7-8,10H2,1-3H3,(H,16,18)(H,19,20). The number of hydrogen-bond acceptors (Lipinski definition) is 4. The van der Waals surface area contributed by atoms with Gasteiger partial charge in [-0.05, 0) is 23.9 Å². The molecule has 0 saturated carbocycles. The molecule has 2 N–H and O–H groups in total. The van der Waals surface area contributed by atoms with Gasteiger partial charge in [0.25, 0.3) is 0 Å². The normalized spacial score (nSPS) is 12.6. The summed E-state index contributed by atoms with van der Waals surface area (Å²) in [6.45, 7) is 7.36. The number of aliphatic carboxylic acids is 1. The van der Waals surface area contributed by atoms with E-state index in [2.05, 4.69) is 19.2 Å².